The van der Waals surface area contributed by atoms with E-state index in [-0.39, 0.29) is 0 Å². The van der Waals surface area contributed by atoms with Crippen LogP contribution in [0.1, 0.15) is 19.8 Å². The third kappa shape index (κ3) is 4.23. The van der Waals surface area contributed by atoms with E-state index in [4.69, 9.17) is 4.74 Å². The Bertz CT molecular complexity index is 361. The van der Waals surface area contributed by atoms with E-state index in [2.05, 4.69) is 39.2 Å². The summed E-state index contributed by atoms with van der Waals surface area (Å²) < 4.78 is 6.61. The molecule has 100 valence electrons. The molecule has 1 aromatic rings. The first-order valence-electron chi connectivity index (χ1n) is 6.39. The summed E-state index contributed by atoms with van der Waals surface area (Å²) in [6.45, 7) is 4.95. The van der Waals surface area contributed by atoms with E-state index in [9.17, 15) is 0 Å². The molecular weight excluding hydrogens is 312 g/mol. The number of rotatable bonds is 5. The molecule has 2 rings (SSSR count). The SMILES string of the molecule is CCCNC1CCOCC1Sc1ccc(Br)cn1. The lowest BCUT2D eigenvalue weighted by atomic mass is 10.1. The number of halogens is 1. The van der Waals surface area contributed by atoms with Crippen LogP contribution in [-0.4, -0.2) is 36.0 Å². The van der Waals surface area contributed by atoms with Crippen LogP contribution in [0, 0.1) is 0 Å². The number of thioether (sulfide) groups is 1. The Labute approximate surface area is 121 Å². The van der Waals surface area contributed by atoms with Gasteiger partial charge in [0.25, 0.3) is 0 Å². The van der Waals surface area contributed by atoms with Crippen molar-refractivity contribution >= 4 is 27.7 Å². The molecule has 2 atom stereocenters. The van der Waals surface area contributed by atoms with Crippen LogP contribution in [0.4, 0.5) is 0 Å². The van der Waals surface area contributed by atoms with E-state index in [1.807, 2.05) is 24.0 Å². The van der Waals surface area contributed by atoms with Crippen molar-refractivity contribution in [1.82, 2.24) is 10.3 Å². The van der Waals surface area contributed by atoms with Gasteiger partial charge >= 0.3 is 0 Å². The minimum atomic E-state index is 0.457. The first-order valence-corrected chi connectivity index (χ1v) is 8.06. The van der Waals surface area contributed by atoms with Crippen molar-refractivity contribution < 1.29 is 4.74 Å². The molecule has 5 heteroatoms. The normalized spacial score (nSPS) is 24.1. The lowest BCUT2D eigenvalue weighted by Crippen LogP contribution is -2.45. The van der Waals surface area contributed by atoms with Crippen LogP contribution in [0.2, 0.25) is 0 Å². The molecule has 0 radical (unpaired) electrons. The minimum Gasteiger partial charge on any atom is -0.380 e. The van der Waals surface area contributed by atoms with E-state index in [0.717, 1.165) is 35.7 Å². The highest BCUT2D eigenvalue weighted by atomic mass is 79.9. The Morgan fingerprint density at radius 1 is 1.56 bits per heavy atom. The summed E-state index contributed by atoms with van der Waals surface area (Å²) in [5.74, 6) is 0. The Morgan fingerprint density at radius 2 is 2.44 bits per heavy atom. The molecule has 1 saturated heterocycles. The smallest absolute Gasteiger partial charge is 0.0964 e. The molecule has 0 bridgehead atoms. The van der Waals surface area contributed by atoms with Crippen molar-refractivity contribution in [3.8, 4) is 0 Å². The topological polar surface area (TPSA) is 34.1 Å². The molecule has 1 aliphatic rings. The van der Waals surface area contributed by atoms with Gasteiger partial charge in [-0.15, -0.1) is 0 Å². The Morgan fingerprint density at radius 3 is 3.17 bits per heavy atom. The van der Waals surface area contributed by atoms with Crippen LogP contribution in [-0.2, 0) is 4.74 Å². The van der Waals surface area contributed by atoms with Crippen molar-refractivity contribution in [3.63, 3.8) is 0 Å². The van der Waals surface area contributed by atoms with Crippen LogP contribution in [0.3, 0.4) is 0 Å². The van der Waals surface area contributed by atoms with Crippen LogP contribution in [0.5, 0.6) is 0 Å². The molecule has 2 heterocycles. The fraction of sp³-hybridized carbons (Fsp3) is 0.615. The van der Waals surface area contributed by atoms with Crippen LogP contribution in [0.15, 0.2) is 27.8 Å². The maximum Gasteiger partial charge on any atom is 0.0964 e. The van der Waals surface area contributed by atoms with E-state index in [1.165, 1.54) is 6.42 Å². The molecule has 18 heavy (non-hydrogen) atoms. The van der Waals surface area contributed by atoms with Crippen LogP contribution in [0.25, 0.3) is 0 Å². The summed E-state index contributed by atoms with van der Waals surface area (Å²) in [4.78, 5) is 4.42. The lowest BCUT2D eigenvalue weighted by Gasteiger charge is -2.31. The summed E-state index contributed by atoms with van der Waals surface area (Å²) in [6, 6.07) is 4.63. The van der Waals surface area contributed by atoms with Gasteiger partial charge in [0.2, 0.25) is 0 Å². The second-order valence-electron chi connectivity index (χ2n) is 4.40. The zero-order valence-electron chi connectivity index (χ0n) is 10.6. The van der Waals surface area contributed by atoms with Crippen molar-refractivity contribution in [1.29, 1.82) is 0 Å². The molecule has 0 spiro atoms. The Balaban J connectivity index is 1.94. The fourth-order valence-electron chi connectivity index (χ4n) is 1.98. The second kappa shape index (κ2) is 7.48. The van der Waals surface area contributed by atoms with Gasteiger partial charge in [0, 0.05) is 28.6 Å². The lowest BCUT2D eigenvalue weighted by molar-refractivity contribution is 0.0833. The van der Waals surface area contributed by atoms with Gasteiger partial charge in [-0.05, 0) is 47.4 Å². The summed E-state index contributed by atoms with van der Waals surface area (Å²) >= 11 is 5.22. The highest BCUT2D eigenvalue weighted by molar-refractivity contribution is 9.10. The van der Waals surface area contributed by atoms with Crippen molar-refractivity contribution in [2.24, 2.45) is 0 Å². The first-order chi connectivity index (χ1) is 8.79. The van der Waals surface area contributed by atoms with Gasteiger partial charge in [0.1, 0.15) is 0 Å². The molecule has 0 aromatic carbocycles. The molecule has 3 nitrogen and oxygen atoms in total. The minimum absolute atomic E-state index is 0.457. The molecule has 1 N–H and O–H groups in total. The second-order valence-corrected chi connectivity index (χ2v) is 6.57. The van der Waals surface area contributed by atoms with E-state index >= 15 is 0 Å². The average molecular weight is 331 g/mol. The number of hydrogen-bond donors (Lipinski definition) is 1. The highest BCUT2D eigenvalue weighted by Gasteiger charge is 2.26. The quantitative estimate of drug-likeness (QED) is 0.899. The molecule has 1 aromatic heterocycles. The van der Waals surface area contributed by atoms with E-state index < -0.39 is 0 Å². The van der Waals surface area contributed by atoms with Gasteiger partial charge in [-0.25, -0.2) is 4.98 Å². The van der Waals surface area contributed by atoms with Crippen LogP contribution >= 0.6 is 27.7 Å². The van der Waals surface area contributed by atoms with E-state index in [0.29, 0.717) is 11.3 Å². The molecule has 0 saturated carbocycles. The monoisotopic (exact) mass is 330 g/mol. The summed E-state index contributed by atoms with van der Waals surface area (Å²) in [5.41, 5.74) is 0. The van der Waals surface area contributed by atoms with Crippen molar-refractivity contribution in [2.75, 3.05) is 19.8 Å². The summed E-state index contributed by atoms with van der Waals surface area (Å²) in [6.07, 6.45) is 4.11. The number of aromatic nitrogens is 1. The average Bonchev–Trinajstić information content (AvgIpc) is 2.40. The number of hydrogen-bond acceptors (Lipinski definition) is 4. The van der Waals surface area contributed by atoms with Crippen molar-refractivity contribution in [3.05, 3.63) is 22.8 Å². The molecular formula is C13H19BrN2OS. The van der Waals surface area contributed by atoms with Crippen LogP contribution < -0.4 is 5.32 Å². The van der Waals surface area contributed by atoms with Gasteiger partial charge in [-0.3, -0.25) is 0 Å². The summed E-state index contributed by atoms with van der Waals surface area (Å²) in [5, 5.41) is 5.14. The van der Waals surface area contributed by atoms with Crippen molar-refractivity contribution in [2.45, 2.75) is 36.1 Å². The van der Waals surface area contributed by atoms with Gasteiger partial charge in [0.15, 0.2) is 0 Å². The standard InChI is InChI=1S/C13H19BrN2OS/c1-2-6-15-11-5-7-17-9-12(11)18-13-4-3-10(14)8-16-13/h3-4,8,11-12,15H,2,5-7,9H2,1H3. The van der Waals surface area contributed by atoms with Gasteiger partial charge in [-0.1, -0.05) is 18.7 Å². The van der Waals surface area contributed by atoms with Gasteiger partial charge in [-0.2, -0.15) is 0 Å². The van der Waals surface area contributed by atoms with Gasteiger partial charge < -0.3 is 10.1 Å². The predicted molar refractivity (Wildman–Crippen MR) is 79.1 cm³/mol. The Hall–Kier alpha value is -0.100. The maximum atomic E-state index is 5.59. The van der Waals surface area contributed by atoms with Gasteiger partial charge in [0.05, 0.1) is 11.6 Å². The fourth-order valence-corrected chi connectivity index (χ4v) is 3.34. The highest BCUT2D eigenvalue weighted by Crippen LogP contribution is 2.28. The molecule has 0 aliphatic carbocycles. The summed E-state index contributed by atoms with van der Waals surface area (Å²) in [7, 11) is 0. The van der Waals surface area contributed by atoms with E-state index in [1.54, 1.807) is 0 Å². The third-order valence-corrected chi connectivity index (χ3v) is 4.65. The Kier molecular flexibility index (Phi) is 5.95. The molecule has 1 aliphatic heterocycles. The first kappa shape index (κ1) is 14.3. The molecule has 2 unspecified atom stereocenters. The predicted octanol–water partition coefficient (Wildman–Crippen LogP) is 3.09. The number of nitrogens with zero attached hydrogens (tertiary/aromatic N) is 1. The number of nitrogens with one attached hydrogen (secondary N) is 1. The zero-order chi connectivity index (χ0) is 12.8. The molecule has 0 amide bonds. The zero-order valence-corrected chi connectivity index (χ0v) is 13.0. The number of pyridine rings is 1. The maximum absolute atomic E-state index is 5.59. The number of ether oxygens (including phenoxy) is 1. The third-order valence-electron chi connectivity index (χ3n) is 2.93. The molecule has 1 fully saturated rings. The largest absolute Gasteiger partial charge is 0.380 e.